The van der Waals surface area contributed by atoms with E-state index in [2.05, 4.69) is 4.83 Å². The Kier molecular flexibility index (Phi) is 4.45. The maximum Gasteiger partial charge on any atom is 0.293 e. The molecule has 1 aromatic rings. The predicted octanol–water partition coefficient (Wildman–Crippen LogP) is 1.16. The summed E-state index contributed by atoms with van der Waals surface area (Å²) < 4.78 is 24.8. The highest BCUT2D eigenvalue weighted by Crippen LogP contribution is 2.28. The number of hydrazine groups is 1. The molecule has 1 aliphatic heterocycles. The van der Waals surface area contributed by atoms with E-state index >= 15 is 0 Å². The van der Waals surface area contributed by atoms with Crippen molar-refractivity contribution in [3.8, 4) is 0 Å². The summed E-state index contributed by atoms with van der Waals surface area (Å²) in [6, 6.07) is 2.32. The molecule has 1 fully saturated rings. The number of benzene rings is 1. The Morgan fingerprint density at radius 3 is 2.48 bits per heavy atom. The summed E-state index contributed by atoms with van der Waals surface area (Å²) >= 11 is 0. The molecule has 0 aromatic heterocycles. The molecule has 8 nitrogen and oxygen atoms in total. The van der Waals surface area contributed by atoms with Crippen molar-refractivity contribution in [3.63, 3.8) is 0 Å². The van der Waals surface area contributed by atoms with Gasteiger partial charge in [-0.25, -0.2) is 13.4 Å². The number of nitrogen functional groups attached to an aromatic ring is 1. The van der Waals surface area contributed by atoms with Crippen LogP contribution in [0.2, 0.25) is 0 Å². The smallest absolute Gasteiger partial charge is 0.293 e. The van der Waals surface area contributed by atoms with Crippen LogP contribution in [0.1, 0.15) is 24.8 Å². The minimum Gasteiger partial charge on any atom is -0.393 e. The van der Waals surface area contributed by atoms with Crippen LogP contribution < -0.4 is 10.6 Å². The number of anilines is 1. The Morgan fingerprint density at radius 2 is 1.90 bits per heavy atom. The lowest BCUT2D eigenvalue weighted by molar-refractivity contribution is -0.384. The van der Waals surface area contributed by atoms with E-state index in [0.29, 0.717) is 18.7 Å². The largest absolute Gasteiger partial charge is 0.393 e. The number of piperidine rings is 1. The highest BCUT2D eigenvalue weighted by atomic mass is 32.2. The summed E-state index contributed by atoms with van der Waals surface area (Å²) in [6.45, 7) is 2.83. The van der Waals surface area contributed by atoms with Crippen LogP contribution >= 0.6 is 0 Å². The fourth-order valence-electron chi connectivity index (χ4n) is 2.35. The van der Waals surface area contributed by atoms with Gasteiger partial charge in [-0.1, -0.05) is 6.42 Å². The lowest BCUT2D eigenvalue weighted by Gasteiger charge is -2.26. The molecule has 0 aliphatic carbocycles. The number of nitro groups is 1. The van der Waals surface area contributed by atoms with Crippen LogP contribution in [0.25, 0.3) is 0 Å². The zero-order chi connectivity index (χ0) is 15.6. The van der Waals surface area contributed by atoms with Crippen LogP contribution in [0.4, 0.5) is 11.4 Å². The second-order valence-corrected chi connectivity index (χ2v) is 6.71. The van der Waals surface area contributed by atoms with Gasteiger partial charge in [0.1, 0.15) is 5.69 Å². The number of nitrogens with one attached hydrogen (secondary N) is 1. The fourth-order valence-corrected chi connectivity index (χ4v) is 3.72. The van der Waals surface area contributed by atoms with E-state index in [-0.39, 0.29) is 10.6 Å². The van der Waals surface area contributed by atoms with Gasteiger partial charge < -0.3 is 5.73 Å². The molecule has 0 unspecified atom stereocenters. The Balaban J connectivity index is 2.34. The van der Waals surface area contributed by atoms with E-state index in [1.165, 1.54) is 6.07 Å². The fraction of sp³-hybridized carbons (Fsp3) is 0.500. The first-order valence-corrected chi connectivity index (χ1v) is 8.11. The molecule has 0 bridgehead atoms. The predicted molar refractivity (Wildman–Crippen MR) is 78.0 cm³/mol. The lowest BCUT2D eigenvalue weighted by Crippen LogP contribution is -2.45. The van der Waals surface area contributed by atoms with Crippen LogP contribution in [0.3, 0.4) is 0 Å². The molecule has 0 saturated carbocycles. The van der Waals surface area contributed by atoms with Gasteiger partial charge in [-0.3, -0.25) is 10.1 Å². The van der Waals surface area contributed by atoms with Crippen molar-refractivity contribution in [1.82, 2.24) is 9.84 Å². The van der Waals surface area contributed by atoms with Crippen molar-refractivity contribution in [3.05, 3.63) is 27.8 Å². The Morgan fingerprint density at radius 1 is 1.29 bits per heavy atom. The number of aryl methyl sites for hydroxylation is 1. The van der Waals surface area contributed by atoms with Crippen molar-refractivity contribution in [2.45, 2.75) is 31.1 Å². The normalized spacial score (nSPS) is 16.8. The zero-order valence-corrected chi connectivity index (χ0v) is 12.5. The molecule has 21 heavy (non-hydrogen) atoms. The van der Waals surface area contributed by atoms with Gasteiger partial charge in [0, 0.05) is 19.2 Å². The van der Waals surface area contributed by atoms with E-state index in [4.69, 9.17) is 5.73 Å². The molecule has 3 N–H and O–H groups in total. The molecule has 1 heterocycles. The standard InChI is InChI=1S/C12H18N4O4S/c1-9-7-10(13)11(16(17)18)8-12(9)21(19,20)14-15-5-3-2-4-6-15/h7-8,14H,2-6,13H2,1H3. The summed E-state index contributed by atoms with van der Waals surface area (Å²) in [5.41, 5.74) is 5.48. The Labute approximate surface area is 123 Å². The van der Waals surface area contributed by atoms with Gasteiger partial charge in [0.05, 0.1) is 9.82 Å². The van der Waals surface area contributed by atoms with E-state index in [9.17, 15) is 18.5 Å². The van der Waals surface area contributed by atoms with Crippen LogP contribution in [-0.4, -0.2) is 31.4 Å². The SMILES string of the molecule is Cc1cc(N)c([N+](=O)[O-])cc1S(=O)(=O)NN1CCCCC1. The molecule has 1 aromatic carbocycles. The molecule has 0 radical (unpaired) electrons. The first-order chi connectivity index (χ1) is 9.81. The first kappa shape index (κ1) is 15.7. The van der Waals surface area contributed by atoms with Gasteiger partial charge in [-0.2, -0.15) is 0 Å². The van der Waals surface area contributed by atoms with Gasteiger partial charge in [-0.15, -0.1) is 4.83 Å². The van der Waals surface area contributed by atoms with E-state index in [0.717, 1.165) is 25.3 Å². The Bertz CT molecular complexity index is 653. The maximum absolute atomic E-state index is 12.4. The third-order valence-electron chi connectivity index (χ3n) is 3.42. The molecule has 1 saturated heterocycles. The summed E-state index contributed by atoms with van der Waals surface area (Å²) in [5.74, 6) is 0. The molecule has 2 rings (SSSR count). The number of rotatable bonds is 4. The van der Waals surface area contributed by atoms with Gasteiger partial charge in [0.2, 0.25) is 0 Å². The molecular weight excluding hydrogens is 296 g/mol. The van der Waals surface area contributed by atoms with Crippen molar-refractivity contribution in [1.29, 1.82) is 0 Å². The molecule has 0 amide bonds. The molecule has 0 spiro atoms. The molecular formula is C12H18N4O4S. The van der Waals surface area contributed by atoms with Crippen LogP contribution in [-0.2, 0) is 10.0 Å². The molecule has 0 atom stereocenters. The van der Waals surface area contributed by atoms with E-state index < -0.39 is 20.6 Å². The number of nitro benzene ring substituents is 1. The van der Waals surface area contributed by atoms with Crippen LogP contribution in [0.5, 0.6) is 0 Å². The maximum atomic E-state index is 12.4. The minimum atomic E-state index is -3.85. The molecule has 116 valence electrons. The van der Waals surface area contributed by atoms with Gasteiger partial charge in [-0.05, 0) is 31.4 Å². The first-order valence-electron chi connectivity index (χ1n) is 6.63. The quantitative estimate of drug-likeness (QED) is 0.489. The van der Waals surface area contributed by atoms with E-state index in [1.54, 1.807) is 11.9 Å². The molecule has 1 aliphatic rings. The number of sulfonamides is 1. The van der Waals surface area contributed by atoms with Crippen molar-refractivity contribution in [2.24, 2.45) is 0 Å². The number of hydrogen-bond acceptors (Lipinski definition) is 6. The number of hydrogen-bond donors (Lipinski definition) is 2. The van der Waals surface area contributed by atoms with Crippen LogP contribution in [0, 0.1) is 17.0 Å². The number of nitrogens with zero attached hydrogens (tertiary/aromatic N) is 2. The second kappa shape index (κ2) is 5.96. The van der Waals surface area contributed by atoms with Gasteiger partial charge in [0.25, 0.3) is 15.7 Å². The third-order valence-corrected chi connectivity index (χ3v) is 4.93. The summed E-state index contributed by atoms with van der Waals surface area (Å²) in [5, 5.41) is 12.5. The van der Waals surface area contributed by atoms with Crippen LogP contribution in [0.15, 0.2) is 17.0 Å². The molecule has 9 heteroatoms. The monoisotopic (exact) mass is 314 g/mol. The Hall–Kier alpha value is -1.71. The highest BCUT2D eigenvalue weighted by Gasteiger charge is 2.25. The van der Waals surface area contributed by atoms with Crippen molar-refractivity contribution >= 4 is 21.4 Å². The van der Waals surface area contributed by atoms with Crippen molar-refractivity contribution in [2.75, 3.05) is 18.8 Å². The number of nitrogens with two attached hydrogens (primary N) is 1. The summed E-state index contributed by atoms with van der Waals surface area (Å²) in [6.07, 6.45) is 2.91. The average Bonchev–Trinajstić information content (AvgIpc) is 2.38. The zero-order valence-electron chi connectivity index (χ0n) is 11.7. The van der Waals surface area contributed by atoms with Crippen molar-refractivity contribution < 1.29 is 13.3 Å². The highest BCUT2D eigenvalue weighted by molar-refractivity contribution is 7.89. The average molecular weight is 314 g/mol. The lowest BCUT2D eigenvalue weighted by atomic mass is 10.2. The topological polar surface area (TPSA) is 119 Å². The third kappa shape index (κ3) is 3.49. The van der Waals surface area contributed by atoms with Gasteiger partial charge >= 0.3 is 0 Å². The van der Waals surface area contributed by atoms with Gasteiger partial charge in [0.15, 0.2) is 0 Å². The summed E-state index contributed by atoms with van der Waals surface area (Å²) in [7, 11) is -3.85. The minimum absolute atomic E-state index is 0.0468. The van der Waals surface area contributed by atoms with E-state index in [1.807, 2.05) is 0 Å². The summed E-state index contributed by atoms with van der Waals surface area (Å²) in [4.78, 5) is 12.6. The second-order valence-electron chi connectivity index (χ2n) is 5.08.